The van der Waals surface area contributed by atoms with Crippen LogP contribution >= 0.6 is 0 Å². The summed E-state index contributed by atoms with van der Waals surface area (Å²) in [5.41, 5.74) is -0.569. The summed E-state index contributed by atoms with van der Waals surface area (Å²) in [6.07, 6.45) is -8.76. The Labute approximate surface area is 222 Å². The summed E-state index contributed by atoms with van der Waals surface area (Å²) in [6.45, 7) is 8.02. The van der Waals surface area contributed by atoms with E-state index in [2.05, 4.69) is 9.80 Å². The number of nitrogens with zero attached hydrogens (tertiary/aromatic N) is 3. The second-order valence-electron chi connectivity index (χ2n) is 9.08. The van der Waals surface area contributed by atoms with Crippen LogP contribution in [0.5, 0.6) is 0 Å². The molecule has 0 saturated carbocycles. The number of carboxylic acids is 2. The lowest BCUT2D eigenvalue weighted by molar-refractivity contribution is -0.193. The minimum absolute atomic E-state index is 0.00228. The summed E-state index contributed by atoms with van der Waals surface area (Å²) in [4.78, 5) is 35.0. The topological polar surface area (TPSA) is 145 Å². The Morgan fingerprint density at radius 3 is 1.87 bits per heavy atom. The predicted molar refractivity (Wildman–Crippen MR) is 125 cm³/mol. The smallest absolute Gasteiger partial charge is 0.475 e. The van der Waals surface area contributed by atoms with E-state index in [0.717, 1.165) is 19.6 Å². The molecule has 0 unspecified atom stereocenters. The van der Waals surface area contributed by atoms with Crippen molar-refractivity contribution in [1.29, 1.82) is 0 Å². The van der Waals surface area contributed by atoms with Crippen LogP contribution in [0.3, 0.4) is 0 Å². The first kappa shape index (κ1) is 36.8. The van der Waals surface area contributed by atoms with Gasteiger partial charge in [0.15, 0.2) is 0 Å². The molecule has 2 saturated heterocycles. The first-order valence-corrected chi connectivity index (χ1v) is 13.4. The highest BCUT2D eigenvalue weighted by Gasteiger charge is 2.54. The summed E-state index contributed by atoms with van der Waals surface area (Å²) in [5.74, 6) is -5.56. The van der Waals surface area contributed by atoms with Gasteiger partial charge in [-0.2, -0.15) is 26.3 Å². The molecule has 2 heterocycles. The number of esters is 1. The monoisotopic (exact) mass is 603 g/mol. The highest BCUT2D eigenvalue weighted by molar-refractivity contribution is 7.89. The van der Waals surface area contributed by atoms with Crippen LogP contribution in [0.2, 0.25) is 0 Å². The lowest BCUT2D eigenvalue weighted by Crippen LogP contribution is -2.43. The van der Waals surface area contributed by atoms with Crippen molar-refractivity contribution < 1.29 is 64.1 Å². The van der Waals surface area contributed by atoms with Crippen molar-refractivity contribution >= 4 is 27.9 Å². The second kappa shape index (κ2) is 15.0. The standard InChI is InChI=1S/C17H33N3O4S.2C2HF3O2/c1-5-24-16(21)17-8-7-9-20(25(22,23)6-2)13-15(17)12-19(14-17)11-10-18(3)4;2*3-2(4,5)1(6)7/h15H,5-14H2,1-4H3;2*(H,6,7)/t15-,17+;;/m1../s1. The van der Waals surface area contributed by atoms with Crippen LogP contribution in [0, 0.1) is 11.3 Å². The van der Waals surface area contributed by atoms with Gasteiger partial charge in [0.05, 0.1) is 17.8 Å². The maximum atomic E-state index is 12.8. The molecule has 0 amide bonds. The van der Waals surface area contributed by atoms with Gasteiger partial charge in [0.1, 0.15) is 0 Å². The van der Waals surface area contributed by atoms with Crippen LogP contribution in [-0.2, 0) is 29.1 Å². The number of alkyl halides is 6. The highest BCUT2D eigenvalue weighted by Crippen LogP contribution is 2.44. The fourth-order valence-electron chi connectivity index (χ4n) is 4.06. The molecule has 0 radical (unpaired) electrons. The third-order valence-electron chi connectivity index (χ3n) is 6.01. The van der Waals surface area contributed by atoms with Crippen molar-refractivity contribution in [3.8, 4) is 0 Å². The molecular formula is C21H35F6N3O8S. The van der Waals surface area contributed by atoms with Crippen molar-refractivity contribution in [2.45, 2.75) is 39.0 Å². The highest BCUT2D eigenvalue weighted by atomic mass is 32.2. The van der Waals surface area contributed by atoms with Gasteiger partial charge in [0, 0.05) is 45.2 Å². The molecule has 2 rings (SSSR count). The zero-order valence-corrected chi connectivity index (χ0v) is 22.8. The average Bonchev–Trinajstić information content (AvgIpc) is 3.04. The number of likely N-dealkylation sites (tertiary alicyclic amines) is 1. The Bertz CT molecular complexity index is 906. The lowest BCUT2D eigenvalue weighted by atomic mass is 9.75. The van der Waals surface area contributed by atoms with Crippen molar-refractivity contribution in [2.75, 3.05) is 65.7 Å². The number of carbonyl (C=O) groups excluding carboxylic acids is 1. The molecule has 0 spiro atoms. The van der Waals surface area contributed by atoms with Gasteiger partial charge in [-0.1, -0.05) is 0 Å². The van der Waals surface area contributed by atoms with Crippen molar-refractivity contribution in [1.82, 2.24) is 14.1 Å². The maximum Gasteiger partial charge on any atom is 0.490 e. The molecule has 39 heavy (non-hydrogen) atoms. The molecule has 2 aliphatic rings. The van der Waals surface area contributed by atoms with Gasteiger partial charge in [-0.05, 0) is 40.8 Å². The number of hydrogen-bond donors (Lipinski definition) is 2. The minimum atomic E-state index is -5.08. The lowest BCUT2D eigenvalue weighted by Gasteiger charge is -2.31. The molecular weight excluding hydrogens is 568 g/mol. The molecule has 11 nitrogen and oxygen atoms in total. The molecule has 0 aromatic heterocycles. The number of fused-ring (bicyclic) bond motifs is 1. The fraction of sp³-hybridized carbons (Fsp3) is 0.857. The summed E-state index contributed by atoms with van der Waals surface area (Å²) >= 11 is 0. The number of carboxylic acid groups (broad SMARTS) is 2. The van der Waals surface area contributed by atoms with E-state index in [4.69, 9.17) is 24.5 Å². The normalized spacial score (nSPS) is 22.5. The van der Waals surface area contributed by atoms with E-state index in [0.29, 0.717) is 39.1 Å². The van der Waals surface area contributed by atoms with Crippen LogP contribution < -0.4 is 0 Å². The molecule has 0 aliphatic carbocycles. The number of likely N-dealkylation sites (N-methyl/N-ethyl adjacent to an activating group) is 1. The molecule has 0 aromatic carbocycles. The Morgan fingerprint density at radius 1 is 1.00 bits per heavy atom. The van der Waals surface area contributed by atoms with Crippen LogP contribution in [-0.4, -0.2) is 129 Å². The van der Waals surface area contributed by atoms with Gasteiger partial charge in [0.25, 0.3) is 0 Å². The third kappa shape index (κ3) is 11.8. The van der Waals surface area contributed by atoms with Crippen LogP contribution in [0.25, 0.3) is 0 Å². The number of ether oxygens (including phenoxy) is 1. The van der Waals surface area contributed by atoms with Gasteiger partial charge < -0.3 is 24.7 Å². The second-order valence-corrected chi connectivity index (χ2v) is 11.3. The van der Waals surface area contributed by atoms with E-state index in [9.17, 15) is 39.6 Å². The summed E-state index contributed by atoms with van der Waals surface area (Å²) in [6, 6.07) is 0. The summed E-state index contributed by atoms with van der Waals surface area (Å²) in [7, 11) is 0.828. The quantitative estimate of drug-likeness (QED) is 0.326. The molecule has 0 aromatic rings. The van der Waals surface area contributed by atoms with E-state index in [-0.39, 0.29) is 17.6 Å². The number of halogens is 6. The molecule has 2 N–H and O–H groups in total. The minimum Gasteiger partial charge on any atom is -0.475 e. The number of sulfonamides is 1. The van der Waals surface area contributed by atoms with E-state index in [1.165, 1.54) is 0 Å². The Balaban J connectivity index is 0.000000848. The largest absolute Gasteiger partial charge is 0.490 e. The zero-order valence-electron chi connectivity index (χ0n) is 22.0. The van der Waals surface area contributed by atoms with Crippen molar-refractivity contribution in [3.05, 3.63) is 0 Å². The number of aliphatic carboxylic acids is 2. The van der Waals surface area contributed by atoms with Gasteiger partial charge in [-0.3, -0.25) is 4.79 Å². The van der Waals surface area contributed by atoms with Gasteiger partial charge >= 0.3 is 30.3 Å². The number of hydrogen-bond acceptors (Lipinski definition) is 8. The fourth-order valence-corrected chi connectivity index (χ4v) is 5.24. The average molecular weight is 604 g/mol. The van der Waals surface area contributed by atoms with E-state index in [1.807, 2.05) is 21.0 Å². The molecule has 2 atom stereocenters. The number of carbonyl (C=O) groups is 3. The van der Waals surface area contributed by atoms with Gasteiger partial charge in [-0.25, -0.2) is 22.3 Å². The third-order valence-corrected chi connectivity index (χ3v) is 7.86. The van der Waals surface area contributed by atoms with Gasteiger partial charge in [0.2, 0.25) is 10.0 Å². The molecule has 2 fully saturated rings. The molecule has 18 heteroatoms. The van der Waals surface area contributed by atoms with Crippen LogP contribution in [0.4, 0.5) is 26.3 Å². The van der Waals surface area contributed by atoms with Crippen LogP contribution in [0.1, 0.15) is 26.7 Å². The Kier molecular flexibility index (Phi) is 14.2. The van der Waals surface area contributed by atoms with Crippen molar-refractivity contribution in [2.24, 2.45) is 11.3 Å². The first-order valence-electron chi connectivity index (χ1n) is 11.8. The maximum absolute atomic E-state index is 12.8. The number of rotatable bonds is 7. The molecule has 230 valence electrons. The predicted octanol–water partition coefficient (Wildman–Crippen LogP) is 1.74. The SMILES string of the molecule is CCOC(=O)[C@]12CCCN(S(=O)(=O)CC)C[C@H]1CN(CCN(C)C)C2.O=C(O)C(F)(F)F.O=C(O)C(F)(F)F. The van der Waals surface area contributed by atoms with E-state index < -0.39 is 39.7 Å². The summed E-state index contributed by atoms with van der Waals surface area (Å²) in [5, 5.41) is 14.2. The van der Waals surface area contributed by atoms with Crippen molar-refractivity contribution in [3.63, 3.8) is 0 Å². The molecule has 0 bridgehead atoms. The zero-order chi connectivity index (χ0) is 30.8. The molecule has 2 aliphatic heterocycles. The van der Waals surface area contributed by atoms with E-state index >= 15 is 0 Å². The first-order chi connectivity index (χ1) is 17.6. The van der Waals surface area contributed by atoms with Crippen LogP contribution in [0.15, 0.2) is 0 Å². The summed E-state index contributed by atoms with van der Waals surface area (Å²) < 4.78 is 95.2. The van der Waals surface area contributed by atoms with Gasteiger partial charge in [-0.15, -0.1) is 0 Å². The Morgan fingerprint density at radius 2 is 1.49 bits per heavy atom. The van der Waals surface area contributed by atoms with E-state index in [1.54, 1.807) is 11.2 Å². The Hall–Kier alpha value is -2.18.